The number of hydrogen-bond acceptors (Lipinski definition) is 2. The number of nitriles is 2. The van der Waals surface area contributed by atoms with Gasteiger partial charge in [0, 0.05) is 27.1 Å². The summed E-state index contributed by atoms with van der Waals surface area (Å²) in [5, 5.41) is 24.7. The number of nitrogens with zero attached hydrogens (tertiary/aromatic N) is 4. The summed E-state index contributed by atoms with van der Waals surface area (Å²) in [5.41, 5.74) is 20.3. The lowest BCUT2D eigenvalue weighted by molar-refractivity contribution is 1.14. The second-order valence-electron chi connectivity index (χ2n) is 18.3. The van der Waals surface area contributed by atoms with Crippen LogP contribution in [0.25, 0.3) is 122 Å². The van der Waals surface area contributed by atoms with Gasteiger partial charge in [-0.15, -0.1) is 0 Å². The molecular formula is C68H42N4. The van der Waals surface area contributed by atoms with Crippen molar-refractivity contribution in [3.63, 3.8) is 0 Å². The van der Waals surface area contributed by atoms with Gasteiger partial charge in [-0.2, -0.15) is 10.5 Å². The molecule has 0 aliphatic carbocycles. The maximum atomic E-state index is 10.2. The van der Waals surface area contributed by atoms with Gasteiger partial charge in [0.15, 0.2) is 0 Å². The van der Waals surface area contributed by atoms with Crippen LogP contribution < -0.4 is 0 Å². The molecule has 13 rings (SSSR count). The summed E-state index contributed by atoms with van der Waals surface area (Å²) in [6.07, 6.45) is 0. The molecule has 72 heavy (non-hydrogen) atoms. The maximum absolute atomic E-state index is 10.2. The van der Waals surface area contributed by atoms with Gasteiger partial charge in [-0.25, -0.2) is 0 Å². The molecule has 0 bridgehead atoms. The fourth-order valence-electron chi connectivity index (χ4n) is 10.7. The summed E-state index contributed by atoms with van der Waals surface area (Å²) in [4.78, 5) is 0. The third-order valence-corrected chi connectivity index (χ3v) is 14.2. The molecule has 0 radical (unpaired) electrons. The predicted octanol–water partition coefficient (Wildman–Crippen LogP) is 17.6. The molecule has 0 atom stereocenters. The van der Waals surface area contributed by atoms with E-state index in [9.17, 15) is 10.5 Å². The lowest BCUT2D eigenvalue weighted by Crippen LogP contribution is -2.05. The zero-order valence-corrected chi connectivity index (χ0v) is 39.0. The molecule has 4 nitrogen and oxygen atoms in total. The highest BCUT2D eigenvalue weighted by Gasteiger charge is 2.25. The Kier molecular flexibility index (Phi) is 10.2. The molecule has 11 aromatic carbocycles. The Labute approximate surface area is 417 Å². The van der Waals surface area contributed by atoms with Crippen molar-refractivity contribution >= 4 is 43.6 Å². The molecule has 2 heterocycles. The average molecular weight is 915 g/mol. The van der Waals surface area contributed by atoms with Gasteiger partial charge < -0.3 is 9.13 Å². The molecule has 0 amide bonds. The Morgan fingerprint density at radius 2 is 0.500 bits per heavy atom. The van der Waals surface area contributed by atoms with Crippen molar-refractivity contribution in [1.29, 1.82) is 10.5 Å². The van der Waals surface area contributed by atoms with Crippen LogP contribution in [0, 0.1) is 22.7 Å². The highest BCUT2D eigenvalue weighted by atomic mass is 15.0. The van der Waals surface area contributed by atoms with Crippen LogP contribution in [0.2, 0.25) is 0 Å². The van der Waals surface area contributed by atoms with E-state index in [-0.39, 0.29) is 0 Å². The van der Waals surface area contributed by atoms with E-state index in [1.165, 1.54) is 0 Å². The van der Waals surface area contributed by atoms with Crippen molar-refractivity contribution in [3.05, 3.63) is 266 Å². The van der Waals surface area contributed by atoms with E-state index in [1.54, 1.807) is 0 Å². The zero-order chi connectivity index (χ0) is 48.1. The molecule has 0 aliphatic heterocycles. The summed E-state index contributed by atoms with van der Waals surface area (Å²) in [7, 11) is 0. The van der Waals surface area contributed by atoms with E-state index in [0.29, 0.717) is 11.1 Å². The van der Waals surface area contributed by atoms with Gasteiger partial charge >= 0.3 is 0 Å². The summed E-state index contributed by atoms with van der Waals surface area (Å²) in [5.74, 6) is 0. The number of hydrogen-bond donors (Lipinski definition) is 0. The van der Waals surface area contributed by atoms with Crippen LogP contribution in [0.4, 0.5) is 0 Å². The fraction of sp³-hybridized carbons (Fsp3) is 0. The Bertz CT molecular complexity index is 3870. The standard InChI is InChI=1S/C68H42N4/c69-43-45-21-25-51(26-22-45)57-41-66(71-62-37-53(47-13-5-1-6-14-47)29-33-58(62)59-34-30-54(38-63(59)71)48-15-7-2-8-16-48)68(52-27-23-46(44-70)24-28-52)67(42-57)72-64-39-55(49-17-9-3-10-18-49)31-35-60(64)61-36-32-56(40-65(61)72)50-19-11-4-12-20-50/h1-42H. The molecule has 0 N–H and O–H groups in total. The Morgan fingerprint density at radius 1 is 0.236 bits per heavy atom. The monoisotopic (exact) mass is 914 g/mol. The topological polar surface area (TPSA) is 57.4 Å². The summed E-state index contributed by atoms with van der Waals surface area (Å²) in [6.45, 7) is 0. The van der Waals surface area contributed by atoms with Crippen molar-refractivity contribution in [1.82, 2.24) is 9.13 Å². The van der Waals surface area contributed by atoms with E-state index in [4.69, 9.17) is 0 Å². The molecule has 2 aromatic heterocycles. The van der Waals surface area contributed by atoms with Crippen molar-refractivity contribution in [2.45, 2.75) is 0 Å². The van der Waals surface area contributed by atoms with Crippen LogP contribution >= 0.6 is 0 Å². The van der Waals surface area contributed by atoms with Crippen molar-refractivity contribution in [2.24, 2.45) is 0 Å². The summed E-state index contributed by atoms with van der Waals surface area (Å²) < 4.78 is 4.93. The van der Waals surface area contributed by atoms with E-state index in [2.05, 4.69) is 252 Å². The lowest BCUT2D eigenvalue weighted by Gasteiger charge is -2.23. The van der Waals surface area contributed by atoms with E-state index >= 15 is 0 Å². The average Bonchev–Trinajstić information content (AvgIpc) is 3.96. The minimum absolute atomic E-state index is 0.588. The van der Waals surface area contributed by atoms with Crippen molar-refractivity contribution in [2.75, 3.05) is 0 Å². The largest absolute Gasteiger partial charge is 0.308 e. The summed E-state index contributed by atoms with van der Waals surface area (Å²) in [6, 6.07) is 95.0. The molecule has 0 spiro atoms. The van der Waals surface area contributed by atoms with Gasteiger partial charge in [-0.1, -0.05) is 194 Å². The van der Waals surface area contributed by atoms with E-state index in [1.807, 2.05) is 24.3 Å². The van der Waals surface area contributed by atoms with Crippen LogP contribution in [-0.2, 0) is 0 Å². The highest BCUT2D eigenvalue weighted by molar-refractivity contribution is 6.14. The molecule has 0 aliphatic rings. The van der Waals surface area contributed by atoms with Crippen LogP contribution in [0.15, 0.2) is 255 Å². The molecule has 0 saturated carbocycles. The van der Waals surface area contributed by atoms with Gasteiger partial charge in [0.25, 0.3) is 0 Å². The smallest absolute Gasteiger partial charge is 0.0991 e. The first-order valence-corrected chi connectivity index (χ1v) is 24.2. The summed E-state index contributed by atoms with van der Waals surface area (Å²) >= 11 is 0. The van der Waals surface area contributed by atoms with Gasteiger partial charge in [-0.3, -0.25) is 0 Å². The third-order valence-electron chi connectivity index (χ3n) is 14.2. The second-order valence-corrected chi connectivity index (χ2v) is 18.3. The predicted molar refractivity (Wildman–Crippen MR) is 297 cm³/mol. The number of aromatic nitrogens is 2. The molecule has 13 aromatic rings. The van der Waals surface area contributed by atoms with Crippen molar-refractivity contribution < 1.29 is 0 Å². The quantitative estimate of drug-likeness (QED) is 0.152. The first-order valence-electron chi connectivity index (χ1n) is 24.2. The molecule has 4 heteroatoms. The van der Waals surface area contributed by atoms with Gasteiger partial charge in [-0.05, 0) is 122 Å². The first-order chi connectivity index (χ1) is 35.6. The van der Waals surface area contributed by atoms with Gasteiger partial charge in [0.05, 0.1) is 56.7 Å². The maximum Gasteiger partial charge on any atom is 0.0991 e. The van der Waals surface area contributed by atoms with E-state index in [0.717, 1.165) is 122 Å². The normalized spacial score (nSPS) is 11.3. The van der Waals surface area contributed by atoms with E-state index < -0.39 is 0 Å². The van der Waals surface area contributed by atoms with Gasteiger partial charge in [0.1, 0.15) is 0 Å². The molecule has 0 saturated heterocycles. The molecule has 0 fully saturated rings. The lowest BCUT2D eigenvalue weighted by atomic mass is 9.94. The Balaban J connectivity index is 1.23. The molecule has 334 valence electrons. The minimum Gasteiger partial charge on any atom is -0.308 e. The second kappa shape index (κ2) is 17.5. The number of fused-ring (bicyclic) bond motifs is 6. The Morgan fingerprint density at radius 3 is 0.792 bits per heavy atom. The minimum atomic E-state index is 0.588. The number of benzene rings is 11. The van der Waals surface area contributed by atoms with Gasteiger partial charge in [0.2, 0.25) is 0 Å². The third kappa shape index (κ3) is 7.23. The van der Waals surface area contributed by atoms with Crippen molar-refractivity contribution in [3.8, 4) is 90.3 Å². The van der Waals surface area contributed by atoms with Crippen LogP contribution in [0.1, 0.15) is 11.1 Å². The molecular weight excluding hydrogens is 873 g/mol. The Hall–Kier alpha value is -10.0. The first kappa shape index (κ1) is 42.1. The van der Waals surface area contributed by atoms with Crippen LogP contribution in [-0.4, -0.2) is 9.13 Å². The van der Waals surface area contributed by atoms with Crippen LogP contribution in [0.5, 0.6) is 0 Å². The molecule has 0 unspecified atom stereocenters. The highest BCUT2D eigenvalue weighted by Crippen LogP contribution is 2.46. The fourth-order valence-corrected chi connectivity index (χ4v) is 10.7. The zero-order valence-electron chi connectivity index (χ0n) is 39.0. The van der Waals surface area contributed by atoms with Crippen LogP contribution in [0.3, 0.4) is 0 Å². The SMILES string of the molecule is N#Cc1ccc(-c2cc(-n3c4cc(-c5ccccc5)ccc4c4ccc(-c5ccccc5)cc43)c(-c3ccc(C#N)cc3)c(-n3c4cc(-c5ccccc5)ccc4c4ccc(-c5ccccc5)cc43)c2)cc1. The number of rotatable bonds is 8.